The number of hydrogen-bond acceptors (Lipinski definition) is 4. The third-order valence-electron chi connectivity index (χ3n) is 3.78. The Bertz CT molecular complexity index is 861. The molecule has 3 aromatic rings. The number of rotatable bonds is 6. The maximum atomic E-state index is 12.1. The molecule has 0 unspecified atom stereocenters. The largest absolute Gasteiger partial charge is 0.352 e. The highest BCUT2D eigenvalue weighted by Gasteiger charge is 2.07. The van der Waals surface area contributed by atoms with Gasteiger partial charge in [0.05, 0.1) is 0 Å². The Morgan fingerprint density at radius 3 is 2.42 bits per heavy atom. The van der Waals surface area contributed by atoms with E-state index < -0.39 is 0 Å². The van der Waals surface area contributed by atoms with E-state index in [1.54, 1.807) is 18.3 Å². The molecule has 1 heterocycles. The van der Waals surface area contributed by atoms with Crippen molar-refractivity contribution >= 4 is 17.4 Å². The zero-order valence-electron chi connectivity index (χ0n) is 14.9. The van der Waals surface area contributed by atoms with Crippen molar-refractivity contribution in [2.45, 2.75) is 13.8 Å². The van der Waals surface area contributed by atoms with Gasteiger partial charge < -0.3 is 10.6 Å². The molecule has 5 nitrogen and oxygen atoms in total. The molecule has 0 fully saturated rings. The van der Waals surface area contributed by atoms with Gasteiger partial charge in [-0.2, -0.15) is 0 Å². The highest BCUT2D eigenvalue weighted by Crippen LogP contribution is 2.19. The van der Waals surface area contributed by atoms with Gasteiger partial charge in [-0.25, -0.2) is 9.97 Å². The molecule has 2 N–H and O–H groups in total. The second-order valence-corrected chi connectivity index (χ2v) is 6.44. The van der Waals surface area contributed by atoms with Crippen LogP contribution in [0.4, 0.5) is 11.5 Å². The van der Waals surface area contributed by atoms with Crippen LogP contribution in [0.2, 0.25) is 0 Å². The number of carbonyl (C=O) groups is 1. The van der Waals surface area contributed by atoms with Gasteiger partial charge in [-0.05, 0) is 36.2 Å². The van der Waals surface area contributed by atoms with Crippen molar-refractivity contribution in [2.24, 2.45) is 5.92 Å². The Morgan fingerprint density at radius 2 is 1.73 bits per heavy atom. The molecular weight excluding hydrogens is 324 g/mol. The topological polar surface area (TPSA) is 66.9 Å². The molecule has 1 amide bonds. The van der Waals surface area contributed by atoms with E-state index in [0.717, 1.165) is 11.3 Å². The van der Waals surface area contributed by atoms with E-state index >= 15 is 0 Å². The van der Waals surface area contributed by atoms with Gasteiger partial charge >= 0.3 is 0 Å². The first-order chi connectivity index (χ1) is 12.6. The Kier molecular flexibility index (Phi) is 5.59. The van der Waals surface area contributed by atoms with Crippen molar-refractivity contribution in [3.05, 3.63) is 72.4 Å². The number of amides is 1. The van der Waals surface area contributed by atoms with Crippen molar-refractivity contribution in [2.75, 3.05) is 11.9 Å². The van der Waals surface area contributed by atoms with Crippen LogP contribution in [0.1, 0.15) is 24.2 Å². The molecule has 0 bridgehead atoms. The fourth-order valence-electron chi connectivity index (χ4n) is 2.41. The SMILES string of the molecule is CC(C)CNC(=O)c1ccc(Nc2ccnc(-c3ccccc3)n2)cc1. The lowest BCUT2D eigenvalue weighted by atomic mass is 10.1. The van der Waals surface area contributed by atoms with E-state index in [4.69, 9.17) is 0 Å². The minimum Gasteiger partial charge on any atom is -0.352 e. The first kappa shape index (κ1) is 17.6. The van der Waals surface area contributed by atoms with Gasteiger partial charge in [0, 0.05) is 29.6 Å². The molecule has 0 spiro atoms. The summed E-state index contributed by atoms with van der Waals surface area (Å²) < 4.78 is 0. The Morgan fingerprint density at radius 1 is 1.00 bits per heavy atom. The summed E-state index contributed by atoms with van der Waals surface area (Å²) in [5.74, 6) is 1.74. The standard InChI is InChI=1S/C21H22N4O/c1-15(2)14-23-21(26)17-8-10-18(11-9-17)24-19-12-13-22-20(25-19)16-6-4-3-5-7-16/h3-13,15H,14H2,1-2H3,(H,23,26)(H,22,24,25). The summed E-state index contributed by atoms with van der Waals surface area (Å²) in [5, 5.41) is 6.16. The Labute approximate surface area is 153 Å². The third-order valence-corrected chi connectivity index (χ3v) is 3.78. The molecule has 0 atom stereocenters. The van der Waals surface area contributed by atoms with Crippen LogP contribution < -0.4 is 10.6 Å². The predicted molar refractivity (Wildman–Crippen MR) is 104 cm³/mol. The summed E-state index contributed by atoms with van der Waals surface area (Å²) in [6, 6.07) is 19.0. The van der Waals surface area contributed by atoms with Gasteiger partial charge in [-0.1, -0.05) is 44.2 Å². The van der Waals surface area contributed by atoms with Crippen LogP contribution in [0.25, 0.3) is 11.4 Å². The minimum absolute atomic E-state index is 0.0568. The molecule has 0 aliphatic rings. The zero-order valence-corrected chi connectivity index (χ0v) is 14.9. The summed E-state index contributed by atoms with van der Waals surface area (Å²) in [6.07, 6.45) is 1.73. The highest BCUT2D eigenvalue weighted by atomic mass is 16.1. The number of benzene rings is 2. The van der Waals surface area contributed by atoms with E-state index in [0.29, 0.717) is 29.7 Å². The molecule has 1 aromatic heterocycles. The van der Waals surface area contributed by atoms with Gasteiger partial charge in [0.15, 0.2) is 5.82 Å². The second kappa shape index (κ2) is 8.25. The van der Waals surface area contributed by atoms with Gasteiger partial charge in [-0.3, -0.25) is 4.79 Å². The van der Waals surface area contributed by atoms with Crippen molar-refractivity contribution < 1.29 is 4.79 Å². The lowest BCUT2D eigenvalue weighted by molar-refractivity contribution is 0.0949. The molecule has 0 radical (unpaired) electrons. The number of nitrogens with zero attached hydrogens (tertiary/aromatic N) is 2. The Balaban J connectivity index is 1.69. The van der Waals surface area contributed by atoms with Gasteiger partial charge in [0.25, 0.3) is 5.91 Å². The van der Waals surface area contributed by atoms with E-state index in [1.165, 1.54) is 0 Å². The molecule has 0 aliphatic carbocycles. The van der Waals surface area contributed by atoms with E-state index in [2.05, 4.69) is 34.4 Å². The van der Waals surface area contributed by atoms with Crippen LogP contribution in [0.3, 0.4) is 0 Å². The lowest BCUT2D eigenvalue weighted by Gasteiger charge is -2.09. The molecule has 26 heavy (non-hydrogen) atoms. The monoisotopic (exact) mass is 346 g/mol. The molecule has 3 rings (SSSR count). The maximum Gasteiger partial charge on any atom is 0.251 e. The van der Waals surface area contributed by atoms with Crippen molar-refractivity contribution in [1.29, 1.82) is 0 Å². The van der Waals surface area contributed by atoms with Crippen LogP contribution in [0, 0.1) is 5.92 Å². The molecule has 5 heteroatoms. The first-order valence-corrected chi connectivity index (χ1v) is 8.65. The summed E-state index contributed by atoms with van der Waals surface area (Å²) in [4.78, 5) is 20.9. The van der Waals surface area contributed by atoms with Gasteiger partial charge in [0.2, 0.25) is 0 Å². The van der Waals surface area contributed by atoms with Crippen molar-refractivity contribution in [1.82, 2.24) is 15.3 Å². The second-order valence-electron chi connectivity index (χ2n) is 6.44. The van der Waals surface area contributed by atoms with Crippen LogP contribution in [0.5, 0.6) is 0 Å². The zero-order chi connectivity index (χ0) is 18.4. The Hall–Kier alpha value is -3.21. The number of carbonyl (C=O) groups excluding carboxylic acids is 1. The van der Waals surface area contributed by atoms with Crippen molar-refractivity contribution in [3.63, 3.8) is 0 Å². The average Bonchev–Trinajstić information content (AvgIpc) is 2.67. The van der Waals surface area contributed by atoms with Crippen molar-refractivity contribution in [3.8, 4) is 11.4 Å². The molecule has 0 saturated heterocycles. The molecular formula is C21H22N4O. The number of aromatic nitrogens is 2. The maximum absolute atomic E-state index is 12.1. The third kappa shape index (κ3) is 4.66. The summed E-state index contributed by atoms with van der Waals surface area (Å²) in [6.45, 7) is 4.81. The number of hydrogen-bond donors (Lipinski definition) is 2. The van der Waals surface area contributed by atoms with E-state index in [-0.39, 0.29) is 5.91 Å². The predicted octanol–water partition coefficient (Wildman–Crippen LogP) is 4.27. The first-order valence-electron chi connectivity index (χ1n) is 8.65. The minimum atomic E-state index is -0.0568. The van der Waals surface area contributed by atoms with Crippen LogP contribution in [-0.4, -0.2) is 22.4 Å². The molecule has 0 aliphatic heterocycles. The molecule has 2 aromatic carbocycles. The van der Waals surface area contributed by atoms with Gasteiger partial charge in [0.1, 0.15) is 5.82 Å². The fraction of sp³-hybridized carbons (Fsp3) is 0.190. The normalized spacial score (nSPS) is 10.6. The quantitative estimate of drug-likeness (QED) is 0.699. The van der Waals surface area contributed by atoms with E-state index in [9.17, 15) is 4.79 Å². The molecule has 132 valence electrons. The highest BCUT2D eigenvalue weighted by molar-refractivity contribution is 5.94. The summed E-state index contributed by atoms with van der Waals surface area (Å²) in [5.41, 5.74) is 2.47. The fourth-order valence-corrected chi connectivity index (χ4v) is 2.41. The molecule has 0 saturated carbocycles. The smallest absolute Gasteiger partial charge is 0.251 e. The average molecular weight is 346 g/mol. The summed E-state index contributed by atoms with van der Waals surface area (Å²) in [7, 11) is 0. The van der Waals surface area contributed by atoms with Gasteiger partial charge in [-0.15, -0.1) is 0 Å². The van der Waals surface area contributed by atoms with E-state index in [1.807, 2.05) is 48.5 Å². The van der Waals surface area contributed by atoms with Crippen LogP contribution in [-0.2, 0) is 0 Å². The number of anilines is 2. The lowest BCUT2D eigenvalue weighted by Crippen LogP contribution is -2.27. The number of nitrogens with one attached hydrogen (secondary N) is 2. The van der Waals surface area contributed by atoms with Crippen LogP contribution in [0.15, 0.2) is 66.9 Å². The van der Waals surface area contributed by atoms with Crippen LogP contribution >= 0.6 is 0 Å². The summed E-state index contributed by atoms with van der Waals surface area (Å²) >= 11 is 0.